The zero-order valence-electron chi connectivity index (χ0n) is 24.0. The number of allylic oxidation sites excluding steroid dienone is 1. The van der Waals surface area contributed by atoms with E-state index in [4.69, 9.17) is 4.74 Å². The fourth-order valence-electron chi connectivity index (χ4n) is 4.60. The maximum Gasteiger partial charge on any atom is 0.407 e. The molecule has 2 aromatic rings. The maximum absolute atomic E-state index is 12.3. The Kier molecular flexibility index (Phi) is 14.1. The standard InChI is InChI=1S/C33H50N2O2/c1-6-18-29-21-24-35(25-22-29)23-15-13-11-9-7-8-10-12-14-16-26-37-32(36)34-33(4,5)31-20-17-19-30(27-31)28(2)3/h17,19-22,24-25,27H,2,6-16,18,23,26H2,1,3-5H3/p+1. The van der Waals surface area contributed by atoms with E-state index in [2.05, 4.69) is 54.0 Å². The van der Waals surface area contributed by atoms with Crippen LogP contribution in [0, 0.1) is 0 Å². The summed E-state index contributed by atoms with van der Waals surface area (Å²) in [5.74, 6) is 0. The van der Waals surface area contributed by atoms with Crippen molar-refractivity contribution in [2.24, 2.45) is 0 Å². The minimum absolute atomic E-state index is 0.349. The molecule has 1 aromatic heterocycles. The van der Waals surface area contributed by atoms with Gasteiger partial charge in [0.05, 0.1) is 12.1 Å². The Morgan fingerprint density at radius 2 is 1.51 bits per heavy atom. The Morgan fingerprint density at radius 1 is 0.919 bits per heavy atom. The van der Waals surface area contributed by atoms with Crippen LogP contribution in [-0.2, 0) is 23.2 Å². The van der Waals surface area contributed by atoms with E-state index >= 15 is 0 Å². The predicted octanol–water partition coefficient (Wildman–Crippen LogP) is 8.52. The Bertz CT molecular complexity index is 934. The van der Waals surface area contributed by atoms with E-state index in [1.54, 1.807) is 0 Å². The summed E-state index contributed by atoms with van der Waals surface area (Å²) in [6.45, 7) is 13.8. The van der Waals surface area contributed by atoms with Crippen LogP contribution in [0.2, 0.25) is 0 Å². The molecule has 0 saturated carbocycles. The van der Waals surface area contributed by atoms with Crippen LogP contribution in [0.25, 0.3) is 5.57 Å². The van der Waals surface area contributed by atoms with E-state index in [9.17, 15) is 4.79 Å². The van der Waals surface area contributed by atoms with Gasteiger partial charge in [0.2, 0.25) is 0 Å². The number of amides is 1. The Labute approximate surface area is 226 Å². The largest absolute Gasteiger partial charge is 0.450 e. The van der Waals surface area contributed by atoms with Gasteiger partial charge in [0.15, 0.2) is 12.4 Å². The number of rotatable bonds is 18. The number of carbonyl (C=O) groups excluding carboxylic acids is 1. The molecule has 0 spiro atoms. The second-order valence-electron chi connectivity index (χ2n) is 11.0. The summed E-state index contributed by atoms with van der Waals surface area (Å²) in [6.07, 6.45) is 18.9. The summed E-state index contributed by atoms with van der Waals surface area (Å²) in [6, 6.07) is 12.7. The zero-order chi connectivity index (χ0) is 26.9. The molecular weight excluding hydrogens is 456 g/mol. The lowest BCUT2D eigenvalue weighted by molar-refractivity contribution is -0.697. The van der Waals surface area contributed by atoms with Crippen molar-refractivity contribution in [3.05, 3.63) is 72.1 Å². The third kappa shape index (κ3) is 12.5. The number of unbranched alkanes of at least 4 members (excludes halogenated alkanes) is 9. The number of nitrogens with one attached hydrogen (secondary N) is 1. The summed E-state index contributed by atoms with van der Waals surface area (Å²) in [7, 11) is 0. The fraction of sp³-hybridized carbons (Fsp3) is 0.576. The number of alkyl carbamates (subject to hydrolysis) is 1. The number of aromatic nitrogens is 1. The Morgan fingerprint density at radius 3 is 2.11 bits per heavy atom. The first kappa shape index (κ1) is 30.6. The highest BCUT2D eigenvalue weighted by Crippen LogP contribution is 2.23. The van der Waals surface area contributed by atoms with Crippen LogP contribution in [-0.4, -0.2) is 12.7 Å². The molecule has 4 nitrogen and oxygen atoms in total. The van der Waals surface area contributed by atoms with Gasteiger partial charge in [0.25, 0.3) is 0 Å². The van der Waals surface area contributed by atoms with Crippen molar-refractivity contribution in [3.8, 4) is 0 Å². The molecule has 37 heavy (non-hydrogen) atoms. The predicted molar refractivity (Wildman–Crippen MR) is 155 cm³/mol. The molecule has 1 heterocycles. The maximum atomic E-state index is 12.3. The average molecular weight is 508 g/mol. The average Bonchev–Trinajstić information content (AvgIpc) is 2.87. The Balaban J connectivity index is 1.43. The van der Waals surface area contributed by atoms with E-state index in [-0.39, 0.29) is 6.09 Å². The van der Waals surface area contributed by atoms with Crippen molar-refractivity contribution in [2.75, 3.05) is 6.61 Å². The molecule has 0 atom stereocenters. The number of benzene rings is 1. The highest BCUT2D eigenvalue weighted by Gasteiger charge is 2.23. The molecule has 1 aromatic carbocycles. The lowest BCUT2D eigenvalue weighted by Gasteiger charge is -2.27. The van der Waals surface area contributed by atoms with E-state index in [0.29, 0.717) is 6.61 Å². The minimum Gasteiger partial charge on any atom is -0.450 e. The second kappa shape index (κ2) is 17.0. The SMILES string of the molecule is C=C(C)c1cccc(C(C)(C)NC(=O)OCCCCCCCCCCCC[n+]2ccc(CCC)cc2)c1. The quantitative estimate of drug-likeness (QED) is 0.162. The molecule has 1 N–H and O–H groups in total. The topological polar surface area (TPSA) is 42.2 Å². The van der Waals surface area contributed by atoms with Crippen LogP contribution in [0.4, 0.5) is 4.79 Å². The van der Waals surface area contributed by atoms with Gasteiger partial charge in [0.1, 0.15) is 6.54 Å². The summed E-state index contributed by atoms with van der Waals surface area (Å²) in [5, 5.41) is 3.00. The third-order valence-corrected chi connectivity index (χ3v) is 7.03. The van der Waals surface area contributed by atoms with Crippen LogP contribution in [0.3, 0.4) is 0 Å². The van der Waals surface area contributed by atoms with E-state index in [1.807, 2.05) is 39.0 Å². The molecule has 2 rings (SSSR count). The molecule has 1 amide bonds. The van der Waals surface area contributed by atoms with Crippen LogP contribution in [0.15, 0.2) is 55.4 Å². The summed E-state index contributed by atoms with van der Waals surface area (Å²) < 4.78 is 7.75. The van der Waals surface area contributed by atoms with Crippen LogP contribution in [0.1, 0.15) is 115 Å². The van der Waals surface area contributed by atoms with Crippen molar-refractivity contribution in [3.63, 3.8) is 0 Å². The Hall–Kier alpha value is -2.62. The van der Waals surface area contributed by atoms with Crippen LogP contribution < -0.4 is 9.88 Å². The second-order valence-corrected chi connectivity index (χ2v) is 11.0. The monoisotopic (exact) mass is 507 g/mol. The van der Waals surface area contributed by atoms with Crippen molar-refractivity contribution < 1.29 is 14.1 Å². The van der Waals surface area contributed by atoms with Crippen LogP contribution >= 0.6 is 0 Å². The highest BCUT2D eigenvalue weighted by molar-refractivity contribution is 5.69. The first-order chi connectivity index (χ1) is 17.8. The summed E-state index contributed by atoms with van der Waals surface area (Å²) in [5.41, 5.74) is 4.09. The van der Waals surface area contributed by atoms with Gasteiger partial charge >= 0.3 is 6.09 Å². The van der Waals surface area contributed by atoms with Crippen molar-refractivity contribution in [2.45, 2.75) is 117 Å². The van der Waals surface area contributed by atoms with Gasteiger partial charge in [-0.2, -0.15) is 0 Å². The van der Waals surface area contributed by atoms with Crippen molar-refractivity contribution >= 4 is 11.7 Å². The molecule has 204 valence electrons. The highest BCUT2D eigenvalue weighted by atomic mass is 16.5. The van der Waals surface area contributed by atoms with Gasteiger partial charge in [-0.05, 0) is 62.8 Å². The van der Waals surface area contributed by atoms with Gasteiger partial charge in [-0.1, -0.05) is 88.6 Å². The number of pyridine rings is 1. The van der Waals surface area contributed by atoms with Gasteiger partial charge in [-0.25, -0.2) is 9.36 Å². The first-order valence-corrected chi connectivity index (χ1v) is 14.5. The summed E-state index contributed by atoms with van der Waals surface area (Å²) >= 11 is 0. The smallest absolute Gasteiger partial charge is 0.407 e. The molecule has 0 unspecified atom stereocenters. The van der Waals surface area contributed by atoms with Gasteiger partial charge in [-0.15, -0.1) is 0 Å². The van der Waals surface area contributed by atoms with Gasteiger partial charge in [0, 0.05) is 18.6 Å². The molecule has 0 fully saturated rings. The molecular formula is C33H51N2O2+. The van der Waals surface area contributed by atoms with E-state index in [1.165, 1.54) is 69.8 Å². The lowest BCUT2D eigenvalue weighted by atomic mass is 9.92. The number of ether oxygens (including phenoxy) is 1. The van der Waals surface area contributed by atoms with E-state index in [0.717, 1.165) is 36.1 Å². The number of hydrogen-bond donors (Lipinski definition) is 1. The van der Waals surface area contributed by atoms with Crippen molar-refractivity contribution in [1.82, 2.24) is 5.32 Å². The minimum atomic E-state index is -0.499. The molecule has 4 heteroatoms. The normalized spacial score (nSPS) is 11.4. The fourth-order valence-corrected chi connectivity index (χ4v) is 4.60. The molecule has 0 bridgehead atoms. The lowest BCUT2D eigenvalue weighted by Crippen LogP contribution is -2.41. The molecule has 0 saturated heterocycles. The molecule has 0 radical (unpaired) electrons. The van der Waals surface area contributed by atoms with Gasteiger partial charge in [-0.3, -0.25) is 0 Å². The summed E-state index contributed by atoms with van der Waals surface area (Å²) in [4.78, 5) is 12.3. The molecule has 0 aliphatic rings. The van der Waals surface area contributed by atoms with Gasteiger partial charge < -0.3 is 10.1 Å². The molecule has 0 aliphatic carbocycles. The van der Waals surface area contributed by atoms with E-state index < -0.39 is 5.54 Å². The number of carbonyl (C=O) groups is 1. The zero-order valence-corrected chi connectivity index (χ0v) is 24.0. The number of hydrogen-bond acceptors (Lipinski definition) is 2. The number of aryl methyl sites for hydroxylation is 2. The first-order valence-electron chi connectivity index (χ1n) is 14.5. The van der Waals surface area contributed by atoms with Crippen molar-refractivity contribution in [1.29, 1.82) is 0 Å². The number of nitrogens with zero attached hydrogens (tertiary/aromatic N) is 1. The third-order valence-electron chi connectivity index (χ3n) is 7.03. The van der Waals surface area contributed by atoms with Crippen LogP contribution in [0.5, 0.6) is 0 Å². The molecule has 0 aliphatic heterocycles.